The van der Waals surface area contributed by atoms with Crippen LogP contribution in [0, 0.1) is 20.8 Å². The predicted octanol–water partition coefficient (Wildman–Crippen LogP) is 5.20. The van der Waals surface area contributed by atoms with Crippen molar-refractivity contribution in [1.82, 2.24) is 10.2 Å². The van der Waals surface area contributed by atoms with E-state index in [4.69, 9.17) is 0 Å². The summed E-state index contributed by atoms with van der Waals surface area (Å²) in [5.41, 5.74) is 8.21. The second kappa shape index (κ2) is 8.52. The molecule has 2 heterocycles. The van der Waals surface area contributed by atoms with Crippen LogP contribution >= 0.6 is 11.3 Å². The Labute approximate surface area is 177 Å². The number of hydrogen-bond donors (Lipinski definition) is 1. The van der Waals surface area contributed by atoms with E-state index in [9.17, 15) is 4.79 Å². The standard InChI is InChI=1S/C25H28N2OS/c1-17-12-18(2)24(19(3)13-17)25(28)26-14-23(22-9-11-29-16-22)27-10-8-20-6-4-5-7-21(20)15-27/h4-7,9,11-13,16,23H,8,10,14-15H2,1-3H3,(H,26,28). The van der Waals surface area contributed by atoms with E-state index in [-0.39, 0.29) is 11.9 Å². The summed E-state index contributed by atoms with van der Waals surface area (Å²) >= 11 is 1.72. The number of benzene rings is 2. The lowest BCUT2D eigenvalue weighted by Crippen LogP contribution is -2.40. The van der Waals surface area contributed by atoms with Gasteiger partial charge in [0.25, 0.3) is 5.91 Å². The van der Waals surface area contributed by atoms with E-state index in [1.54, 1.807) is 11.3 Å². The highest BCUT2D eigenvalue weighted by Crippen LogP contribution is 2.29. The number of carbonyl (C=O) groups is 1. The van der Waals surface area contributed by atoms with Crippen LogP contribution in [-0.2, 0) is 13.0 Å². The van der Waals surface area contributed by atoms with Crippen molar-refractivity contribution in [2.75, 3.05) is 13.1 Å². The zero-order valence-electron chi connectivity index (χ0n) is 17.4. The first-order chi connectivity index (χ1) is 14.0. The van der Waals surface area contributed by atoms with Crippen LogP contribution in [0.1, 0.15) is 49.8 Å². The van der Waals surface area contributed by atoms with Gasteiger partial charge in [0.15, 0.2) is 0 Å². The summed E-state index contributed by atoms with van der Waals surface area (Å²) in [6, 6.07) is 15.2. The average molecular weight is 405 g/mol. The van der Waals surface area contributed by atoms with Crippen molar-refractivity contribution in [1.29, 1.82) is 0 Å². The Balaban J connectivity index is 1.53. The maximum atomic E-state index is 13.0. The van der Waals surface area contributed by atoms with Crippen molar-refractivity contribution in [3.8, 4) is 0 Å². The molecular formula is C25H28N2OS. The smallest absolute Gasteiger partial charge is 0.251 e. The van der Waals surface area contributed by atoms with Crippen LogP contribution < -0.4 is 5.32 Å². The summed E-state index contributed by atoms with van der Waals surface area (Å²) in [6.07, 6.45) is 1.06. The third-order valence-corrected chi connectivity index (χ3v) is 6.59. The molecule has 0 saturated heterocycles. The first kappa shape index (κ1) is 19.9. The molecule has 1 N–H and O–H groups in total. The van der Waals surface area contributed by atoms with Gasteiger partial charge in [-0.25, -0.2) is 0 Å². The van der Waals surface area contributed by atoms with E-state index in [1.165, 1.54) is 22.3 Å². The van der Waals surface area contributed by atoms with E-state index >= 15 is 0 Å². The number of rotatable bonds is 5. The molecule has 1 unspecified atom stereocenters. The van der Waals surface area contributed by atoms with Crippen molar-refractivity contribution in [3.63, 3.8) is 0 Å². The third kappa shape index (κ3) is 4.29. The molecule has 150 valence electrons. The maximum absolute atomic E-state index is 13.0. The Bertz CT molecular complexity index is 986. The highest BCUT2D eigenvalue weighted by atomic mass is 32.1. The number of amides is 1. The summed E-state index contributed by atoms with van der Waals surface area (Å²) in [7, 11) is 0. The molecule has 29 heavy (non-hydrogen) atoms. The number of nitrogens with zero attached hydrogens (tertiary/aromatic N) is 1. The molecule has 3 nitrogen and oxygen atoms in total. The number of nitrogens with one attached hydrogen (secondary N) is 1. The van der Waals surface area contributed by atoms with Crippen molar-refractivity contribution < 1.29 is 4.79 Å². The topological polar surface area (TPSA) is 32.3 Å². The minimum atomic E-state index is 0.0256. The van der Waals surface area contributed by atoms with Crippen LogP contribution in [0.3, 0.4) is 0 Å². The Hall–Kier alpha value is -2.43. The molecule has 0 bridgehead atoms. The molecule has 3 aromatic rings. The van der Waals surface area contributed by atoms with Crippen LogP contribution in [0.25, 0.3) is 0 Å². The molecule has 1 atom stereocenters. The van der Waals surface area contributed by atoms with Gasteiger partial charge in [-0.3, -0.25) is 9.69 Å². The lowest BCUT2D eigenvalue weighted by molar-refractivity contribution is 0.0926. The zero-order valence-corrected chi connectivity index (χ0v) is 18.2. The van der Waals surface area contributed by atoms with Crippen molar-refractivity contribution in [2.24, 2.45) is 0 Å². The molecule has 1 aromatic heterocycles. The number of thiophene rings is 1. The van der Waals surface area contributed by atoms with E-state index < -0.39 is 0 Å². The van der Waals surface area contributed by atoms with Gasteiger partial charge in [-0.15, -0.1) is 0 Å². The van der Waals surface area contributed by atoms with Gasteiger partial charge in [-0.2, -0.15) is 11.3 Å². The van der Waals surface area contributed by atoms with Crippen LogP contribution in [-0.4, -0.2) is 23.9 Å². The van der Waals surface area contributed by atoms with Crippen molar-refractivity contribution in [3.05, 3.63) is 92.2 Å². The number of hydrogen-bond acceptors (Lipinski definition) is 3. The van der Waals surface area contributed by atoms with Gasteiger partial charge in [-0.1, -0.05) is 42.0 Å². The highest BCUT2D eigenvalue weighted by molar-refractivity contribution is 7.08. The largest absolute Gasteiger partial charge is 0.350 e. The molecule has 0 aliphatic carbocycles. The first-order valence-electron chi connectivity index (χ1n) is 10.2. The maximum Gasteiger partial charge on any atom is 0.251 e. The third-order valence-electron chi connectivity index (χ3n) is 5.89. The normalized spacial score (nSPS) is 15.0. The van der Waals surface area contributed by atoms with Crippen molar-refractivity contribution >= 4 is 17.2 Å². The molecule has 4 heteroatoms. The molecule has 0 radical (unpaired) electrons. The predicted molar refractivity (Wildman–Crippen MR) is 121 cm³/mol. The fourth-order valence-corrected chi connectivity index (χ4v) is 5.23. The number of aryl methyl sites for hydroxylation is 3. The van der Waals surface area contributed by atoms with Crippen LogP contribution in [0.15, 0.2) is 53.2 Å². The van der Waals surface area contributed by atoms with Gasteiger partial charge in [-0.05, 0) is 71.8 Å². The summed E-state index contributed by atoms with van der Waals surface area (Å²) in [4.78, 5) is 15.5. The fraction of sp³-hybridized carbons (Fsp3) is 0.320. The second-order valence-corrected chi connectivity index (χ2v) is 8.83. The van der Waals surface area contributed by atoms with Crippen LogP contribution in [0.4, 0.5) is 0 Å². The molecule has 0 spiro atoms. The van der Waals surface area contributed by atoms with E-state index in [0.29, 0.717) is 6.54 Å². The fourth-order valence-electron chi connectivity index (χ4n) is 4.52. The van der Waals surface area contributed by atoms with Gasteiger partial charge in [0.05, 0.1) is 6.04 Å². The summed E-state index contributed by atoms with van der Waals surface area (Å²) in [5, 5.41) is 7.56. The molecule has 4 rings (SSSR count). The summed E-state index contributed by atoms with van der Waals surface area (Å²) in [5.74, 6) is 0.0256. The molecule has 0 fully saturated rings. The lowest BCUT2D eigenvalue weighted by Gasteiger charge is -2.35. The van der Waals surface area contributed by atoms with E-state index in [0.717, 1.165) is 36.2 Å². The summed E-state index contributed by atoms with van der Waals surface area (Å²) in [6.45, 7) is 8.66. The van der Waals surface area contributed by atoms with Crippen molar-refractivity contribution in [2.45, 2.75) is 39.8 Å². The molecule has 0 saturated carbocycles. The van der Waals surface area contributed by atoms with Gasteiger partial charge >= 0.3 is 0 Å². The molecule has 2 aromatic carbocycles. The SMILES string of the molecule is Cc1cc(C)c(C(=O)NCC(c2ccsc2)N2CCc3ccccc3C2)c(C)c1. The van der Waals surface area contributed by atoms with Crippen LogP contribution in [0.2, 0.25) is 0 Å². The number of carbonyl (C=O) groups excluding carboxylic acids is 1. The van der Waals surface area contributed by atoms with E-state index in [2.05, 4.69) is 70.4 Å². The summed E-state index contributed by atoms with van der Waals surface area (Å²) < 4.78 is 0. The molecule has 1 aliphatic rings. The minimum Gasteiger partial charge on any atom is -0.350 e. The molecular weight excluding hydrogens is 376 g/mol. The Kier molecular flexibility index (Phi) is 5.84. The van der Waals surface area contributed by atoms with Crippen LogP contribution in [0.5, 0.6) is 0 Å². The Morgan fingerprint density at radius 1 is 1.10 bits per heavy atom. The quantitative estimate of drug-likeness (QED) is 0.634. The zero-order chi connectivity index (χ0) is 20.4. The Morgan fingerprint density at radius 3 is 2.52 bits per heavy atom. The molecule has 1 amide bonds. The highest BCUT2D eigenvalue weighted by Gasteiger charge is 2.26. The monoisotopic (exact) mass is 404 g/mol. The molecule has 1 aliphatic heterocycles. The first-order valence-corrected chi connectivity index (χ1v) is 11.2. The lowest BCUT2D eigenvalue weighted by atomic mass is 9.96. The minimum absolute atomic E-state index is 0.0256. The van der Waals surface area contributed by atoms with E-state index in [1.807, 2.05) is 13.8 Å². The van der Waals surface area contributed by atoms with Gasteiger partial charge < -0.3 is 5.32 Å². The average Bonchev–Trinajstić information content (AvgIpc) is 3.22. The van der Waals surface area contributed by atoms with Gasteiger partial charge in [0.1, 0.15) is 0 Å². The van der Waals surface area contributed by atoms with Gasteiger partial charge in [0.2, 0.25) is 0 Å². The second-order valence-electron chi connectivity index (χ2n) is 8.05. The Morgan fingerprint density at radius 2 is 1.83 bits per heavy atom. The van der Waals surface area contributed by atoms with Gasteiger partial charge in [0, 0.05) is 25.2 Å². The number of fused-ring (bicyclic) bond motifs is 1.